The highest BCUT2D eigenvalue weighted by atomic mass is 19.4. The van der Waals surface area contributed by atoms with Gasteiger partial charge in [-0.1, -0.05) is 0 Å². The summed E-state index contributed by atoms with van der Waals surface area (Å²) in [6.45, 7) is 1.71. The normalized spacial score (nSPS) is 22.1. The van der Waals surface area contributed by atoms with E-state index in [-0.39, 0.29) is 12.5 Å². The highest BCUT2D eigenvalue weighted by Gasteiger charge is 2.57. The van der Waals surface area contributed by atoms with E-state index >= 15 is 0 Å². The van der Waals surface area contributed by atoms with Crippen LogP contribution in [-0.4, -0.2) is 42.5 Å². The molecule has 0 saturated carbocycles. The Morgan fingerprint density at radius 3 is 2.35 bits per heavy atom. The number of hydrogen-bond donors (Lipinski definition) is 2. The monoisotopic (exact) mass is 255 g/mol. The van der Waals surface area contributed by atoms with Gasteiger partial charge in [0.15, 0.2) is 0 Å². The van der Waals surface area contributed by atoms with Crippen LogP contribution in [0.3, 0.4) is 0 Å². The lowest BCUT2D eigenvalue weighted by Crippen LogP contribution is -2.61. The fraction of sp³-hybridized carbons (Fsp3) is 0.900. The molecule has 0 aromatic rings. The fourth-order valence-electron chi connectivity index (χ4n) is 1.60. The van der Waals surface area contributed by atoms with E-state index in [1.54, 1.807) is 0 Å². The van der Waals surface area contributed by atoms with Gasteiger partial charge in [-0.05, 0) is 32.2 Å². The Balaban J connectivity index is 2.58. The van der Waals surface area contributed by atoms with E-state index in [0.717, 1.165) is 0 Å². The Labute approximate surface area is 97.1 Å². The van der Waals surface area contributed by atoms with Gasteiger partial charge in [0, 0.05) is 13.2 Å². The molecule has 1 heterocycles. The second-order valence-corrected chi connectivity index (χ2v) is 4.36. The first-order chi connectivity index (χ1) is 7.77. The van der Waals surface area contributed by atoms with Crippen molar-refractivity contribution < 1.29 is 27.8 Å². The molecule has 1 aliphatic heterocycles. The molecular weight excluding hydrogens is 239 g/mol. The smallest absolute Gasteiger partial charge is 0.417 e. The van der Waals surface area contributed by atoms with Gasteiger partial charge in [-0.25, -0.2) is 4.79 Å². The van der Waals surface area contributed by atoms with Gasteiger partial charge in [0.1, 0.15) is 0 Å². The van der Waals surface area contributed by atoms with Crippen molar-refractivity contribution >= 4 is 5.97 Å². The largest absolute Gasteiger partial charge is 0.480 e. The van der Waals surface area contributed by atoms with Crippen LogP contribution in [0.1, 0.15) is 19.8 Å². The molecule has 0 aromatic carbocycles. The van der Waals surface area contributed by atoms with Crippen molar-refractivity contribution in [3.8, 4) is 0 Å². The van der Waals surface area contributed by atoms with Gasteiger partial charge in [0.25, 0.3) is 0 Å². The minimum atomic E-state index is -4.82. The summed E-state index contributed by atoms with van der Waals surface area (Å²) >= 11 is 0. The Morgan fingerprint density at radius 2 is 1.94 bits per heavy atom. The Morgan fingerprint density at radius 1 is 1.41 bits per heavy atom. The topological polar surface area (TPSA) is 58.6 Å². The van der Waals surface area contributed by atoms with Crippen molar-refractivity contribution in [3.63, 3.8) is 0 Å². The summed E-state index contributed by atoms with van der Waals surface area (Å²) in [6.07, 6.45) is -3.51. The molecular formula is C10H16F3NO3. The summed E-state index contributed by atoms with van der Waals surface area (Å²) < 4.78 is 43.0. The zero-order chi connectivity index (χ0) is 13.1. The van der Waals surface area contributed by atoms with Gasteiger partial charge < -0.3 is 9.84 Å². The lowest BCUT2D eigenvalue weighted by Gasteiger charge is -2.31. The fourth-order valence-corrected chi connectivity index (χ4v) is 1.60. The Kier molecular flexibility index (Phi) is 4.37. The minimum Gasteiger partial charge on any atom is -0.480 e. The van der Waals surface area contributed by atoms with Gasteiger partial charge in [-0.2, -0.15) is 13.2 Å². The van der Waals surface area contributed by atoms with Crippen molar-refractivity contribution in [1.82, 2.24) is 5.32 Å². The van der Waals surface area contributed by atoms with E-state index in [1.165, 1.54) is 0 Å². The molecule has 1 atom stereocenters. The maximum atomic E-state index is 12.6. The van der Waals surface area contributed by atoms with Crippen LogP contribution >= 0.6 is 0 Å². The second kappa shape index (κ2) is 5.22. The van der Waals surface area contributed by atoms with Gasteiger partial charge >= 0.3 is 12.1 Å². The first-order valence-electron chi connectivity index (χ1n) is 5.40. The summed E-state index contributed by atoms with van der Waals surface area (Å²) in [5.74, 6) is -1.87. The van der Waals surface area contributed by atoms with Crippen LogP contribution in [0, 0.1) is 5.92 Å². The van der Waals surface area contributed by atoms with Crippen LogP contribution < -0.4 is 5.32 Å². The van der Waals surface area contributed by atoms with Crippen molar-refractivity contribution in [2.24, 2.45) is 5.92 Å². The number of rotatable bonds is 4. The SMILES string of the molecule is CC(NCC1CCOCC1)(C(=O)O)C(F)(F)F. The summed E-state index contributed by atoms with van der Waals surface area (Å²) in [7, 11) is 0. The number of aliphatic carboxylic acids is 1. The van der Waals surface area contributed by atoms with Crippen LogP contribution in [0.5, 0.6) is 0 Å². The van der Waals surface area contributed by atoms with Crippen LogP contribution in [0.25, 0.3) is 0 Å². The molecule has 0 aromatic heterocycles. The molecule has 1 aliphatic rings. The Bertz CT molecular complexity index is 276. The zero-order valence-corrected chi connectivity index (χ0v) is 9.51. The third-order valence-corrected chi connectivity index (χ3v) is 3.08. The van der Waals surface area contributed by atoms with Crippen LogP contribution in [0.15, 0.2) is 0 Å². The first-order valence-corrected chi connectivity index (χ1v) is 5.40. The standard InChI is InChI=1S/C10H16F3NO3/c1-9(8(15)16,10(11,12)13)14-6-7-2-4-17-5-3-7/h7,14H,2-6H2,1H3,(H,15,16). The summed E-state index contributed by atoms with van der Waals surface area (Å²) in [4.78, 5) is 10.7. The van der Waals surface area contributed by atoms with E-state index in [9.17, 15) is 18.0 Å². The van der Waals surface area contributed by atoms with E-state index in [1.807, 2.05) is 0 Å². The lowest BCUT2D eigenvalue weighted by molar-refractivity contribution is -0.206. The number of hydrogen-bond acceptors (Lipinski definition) is 3. The van der Waals surface area contributed by atoms with E-state index in [2.05, 4.69) is 5.32 Å². The number of carbonyl (C=O) groups is 1. The predicted octanol–water partition coefficient (Wildman–Crippen LogP) is 1.41. The maximum absolute atomic E-state index is 12.6. The van der Waals surface area contributed by atoms with Gasteiger partial charge in [-0.15, -0.1) is 0 Å². The number of alkyl halides is 3. The second-order valence-electron chi connectivity index (χ2n) is 4.36. The summed E-state index contributed by atoms with van der Waals surface area (Å²) in [6, 6.07) is 0. The highest BCUT2D eigenvalue weighted by molar-refractivity contribution is 5.79. The molecule has 2 N–H and O–H groups in total. The van der Waals surface area contributed by atoms with Crippen LogP contribution in [0.4, 0.5) is 13.2 Å². The number of halogens is 3. The molecule has 0 amide bonds. The molecule has 100 valence electrons. The van der Waals surface area contributed by atoms with Crippen LogP contribution in [0.2, 0.25) is 0 Å². The van der Waals surface area contributed by atoms with E-state index < -0.39 is 17.7 Å². The number of carboxylic acid groups (broad SMARTS) is 1. The van der Waals surface area contributed by atoms with Crippen molar-refractivity contribution in [1.29, 1.82) is 0 Å². The number of carboxylic acids is 1. The molecule has 1 unspecified atom stereocenters. The van der Waals surface area contributed by atoms with Gasteiger partial charge in [0.2, 0.25) is 5.54 Å². The summed E-state index contributed by atoms with van der Waals surface area (Å²) in [5, 5.41) is 10.8. The molecule has 0 spiro atoms. The third kappa shape index (κ3) is 3.32. The zero-order valence-electron chi connectivity index (χ0n) is 9.51. The molecule has 0 aliphatic carbocycles. The van der Waals surface area contributed by atoms with Crippen molar-refractivity contribution in [2.75, 3.05) is 19.8 Å². The molecule has 4 nitrogen and oxygen atoms in total. The molecule has 1 fully saturated rings. The third-order valence-electron chi connectivity index (χ3n) is 3.08. The number of ether oxygens (including phenoxy) is 1. The highest BCUT2D eigenvalue weighted by Crippen LogP contribution is 2.30. The maximum Gasteiger partial charge on any atom is 0.417 e. The van der Waals surface area contributed by atoms with Gasteiger partial charge in [-0.3, -0.25) is 5.32 Å². The van der Waals surface area contributed by atoms with Gasteiger partial charge in [0.05, 0.1) is 0 Å². The first kappa shape index (κ1) is 14.2. The Hall–Kier alpha value is -0.820. The molecule has 7 heteroatoms. The molecule has 17 heavy (non-hydrogen) atoms. The molecule has 0 radical (unpaired) electrons. The van der Waals surface area contributed by atoms with Crippen molar-refractivity contribution in [3.05, 3.63) is 0 Å². The van der Waals surface area contributed by atoms with Crippen molar-refractivity contribution in [2.45, 2.75) is 31.5 Å². The minimum absolute atomic E-state index is 0.0322. The molecule has 0 bridgehead atoms. The summed E-state index contributed by atoms with van der Waals surface area (Å²) in [5.41, 5.74) is -2.88. The van der Waals surface area contributed by atoms with Crippen LogP contribution in [-0.2, 0) is 9.53 Å². The molecule has 1 saturated heterocycles. The number of nitrogens with one attached hydrogen (secondary N) is 1. The average molecular weight is 255 g/mol. The predicted molar refractivity (Wildman–Crippen MR) is 53.6 cm³/mol. The quantitative estimate of drug-likeness (QED) is 0.797. The average Bonchev–Trinajstić information content (AvgIpc) is 2.25. The van der Waals surface area contributed by atoms with E-state index in [4.69, 9.17) is 9.84 Å². The van der Waals surface area contributed by atoms with E-state index in [0.29, 0.717) is 33.0 Å². The molecule has 1 rings (SSSR count). The lowest BCUT2D eigenvalue weighted by atomic mass is 9.96.